The molecule has 0 aliphatic carbocycles. The van der Waals surface area contributed by atoms with Gasteiger partial charge < -0.3 is 15.7 Å². The van der Waals surface area contributed by atoms with Crippen LogP contribution < -0.4 is 10.6 Å². The predicted molar refractivity (Wildman–Crippen MR) is 109 cm³/mol. The Morgan fingerprint density at radius 3 is 1.94 bits per heavy atom. The van der Waals surface area contributed by atoms with Crippen molar-refractivity contribution in [3.63, 3.8) is 0 Å². The summed E-state index contributed by atoms with van der Waals surface area (Å²) in [5.41, 5.74) is -3.41. The van der Waals surface area contributed by atoms with Crippen molar-refractivity contribution in [2.75, 3.05) is 11.9 Å². The van der Waals surface area contributed by atoms with Crippen LogP contribution in [0.25, 0.3) is 0 Å². The van der Waals surface area contributed by atoms with Gasteiger partial charge in [-0.25, -0.2) is 0 Å². The van der Waals surface area contributed by atoms with Crippen LogP contribution in [-0.4, -0.2) is 29.9 Å². The van der Waals surface area contributed by atoms with Crippen molar-refractivity contribution < 1.29 is 36.2 Å². The summed E-state index contributed by atoms with van der Waals surface area (Å²) in [5, 5.41) is 14.3. The number of benzene rings is 2. The first-order valence-corrected chi connectivity index (χ1v) is 9.86. The monoisotopic (exact) mass is 522 g/mol. The Labute approximate surface area is 193 Å². The molecule has 32 heavy (non-hydrogen) atoms. The summed E-state index contributed by atoms with van der Waals surface area (Å²) < 4.78 is 77.5. The summed E-state index contributed by atoms with van der Waals surface area (Å²) in [6.07, 6.45) is -11.4. The van der Waals surface area contributed by atoms with Gasteiger partial charge >= 0.3 is 12.4 Å². The van der Waals surface area contributed by atoms with Crippen molar-refractivity contribution in [1.29, 1.82) is 0 Å². The first kappa shape index (κ1) is 26.4. The molecule has 0 saturated heterocycles. The molecule has 2 aromatic rings. The molecular weight excluding hydrogens is 509 g/mol. The van der Waals surface area contributed by atoms with E-state index in [2.05, 4.69) is 10.6 Å². The summed E-state index contributed by atoms with van der Waals surface area (Å²) in [7, 11) is 0. The highest BCUT2D eigenvalue weighted by atomic mass is 35.5. The molecule has 0 fully saturated rings. The van der Waals surface area contributed by atoms with Gasteiger partial charge in [0.15, 0.2) is 0 Å². The summed E-state index contributed by atoms with van der Waals surface area (Å²) in [6.45, 7) is -1.21. The minimum Gasteiger partial charge on any atom is -0.381 e. The zero-order valence-electron chi connectivity index (χ0n) is 15.8. The van der Waals surface area contributed by atoms with Gasteiger partial charge in [-0.15, -0.1) is 0 Å². The third-order valence-electron chi connectivity index (χ3n) is 4.28. The molecule has 0 aliphatic heterocycles. The van der Waals surface area contributed by atoms with E-state index in [0.29, 0.717) is 5.56 Å². The molecule has 2 aromatic carbocycles. The molecule has 0 bridgehead atoms. The highest BCUT2D eigenvalue weighted by Gasteiger charge is 2.55. The van der Waals surface area contributed by atoms with E-state index in [1.807, 2.05) is 0 Å². The number of halogens is 9. The molecule has 3 N–H and O–H groups in total. The van der Waals surface area contributed by atoms with E-state index in [1.54, 1.807) is 0 Å². The number of amides is 1. The minimum atomic E-state index is -5.11. The van der Waals surface area contributed by atoms with E-state index >= 15 is 0 Å². The highest BCUT2D eigenvalue weighted by molar-refractivity contribution is 6.48. The molecule has 1 atom stereocenters. The van der Waals surface area contributed by atoms with E-state index in [-0.39, 0.29) is 27.3 Å². The Kier molecular flexibility index (Phi) is 8.20. The van der Waals surface area contributed by atoms with Crippen LogP contribution in [-0.2, 0) is 16.9 Å². The molecule has 0 aromatic heterocycles. The van der Waals surface area contributed by atoms with Crippen molar-refractivity contribution in [3.8, 4) is 0 Å². The van der Waals surface area contributed by atoms with Crippen LogP contribution in [0, 0.1) is 0 Å². The fourth-order valence-corrected chi connectivity index (χ4v) is 3.17. The standard InChI is InChI=1S/C19H15Cl3F6N2O2/c20-13-5-11(6-14(21)16(13)22)17(32,19(26,27)28)9-30-12-3-1-10(2-4-12)8-29-15(31)7-18(23,24)25/h1-6,30,32H,7-9H2,(H,29,31)/t17-/m1/s1. The van der Waals surface area contributed by atoms with Crippen LogP contribution in [0.5, 0.6) is 0 Å². The number of hydrogen-bond donors (Lipinski definition) is 3. The molecule has 4 nitrogen and oxygen atoms in total. The normalized spacial score (nSPS) is 14.1. The largest absolute Gasteiger partial charge is 0.423 e. The minimum absolute atomic E-state index is 0.160. The number of hydrogen-bond acceptors (Lipinski definition) is 3. The van der Waals surface area contributed by atoms with Gasteiger partial charge in [-0.2, -0.15) is 26.3 Å². The van der Waals surface area contributed by atoms with E-state index in [9.17, 15) is 36.2 Å². The highest BCUT2D eigenvalue weighted by Crippen LogP contribution is 2.43. The number of carbonyl (C=O) groups excluding carboxylic acids is 1. The molecule has 1 amide bonds. The molecule has 0 unspecified atom stereocenters. The molecule has 0 radical (unpaired) electrons. The number of nitrogens with one attached hydrogen (secondary N) is 2. The summed E-state index contributed by atoms with van der Waals surface area (Å²) in [5.74, 6) is -1.21. The average Bonchev–Trinajstić information content (AvgIpc) is 2.66. The SMILES string of the molecule is O=C(CC(F)(F)F)NCc1ccc(NC[C@@](O)(c2cc(Cl)c(Cl)c(Cl)c2)C(F)(F)F)cc1. The second-order valence-corrected chi connectivity index (χ2v) is 7.92. The zero-order valence-corrected chi connectivity index (χ0v) is 18.1. The van der Waals surface area contributed by atoms with Gasteiger partial charge in [-0.05, 0) is 35.4 Å². The van der Waals surface area contributed by atoms with Gasteiger partial charge in [0.25, 0.3) is 0 Å². The maximum Gasteiger partial charge on any atom is 0.423 e. The lowest BCUT2D eigenvalue weighted by Crippen LogP contribution is -2.47. The molecule has 2 rings (SSSR count). The molecule has 0 aliphatic rings. The first-order chi connectivity index (χ1) is 14.6. The number of alkyl halides is 6. The summed E-state index contributed by atoms with van der Waals surface area (Å²) in [4.78, 5) is 11.2. The van der Waals surface area contributed by atoms with Gasteiger partial charge in [0.1, 0.15) is 6.42 Å². The lowest BCUT2D eigenvalue weighted by atomic mass is 9.92. The van der Waals surface area contributed by atoms with E-state index < -0.39 is 42.4 Å². The Balaban J connectivity index is 2.10. The molecule has 176 valence electrons. The van der Waals surface area contributed by atoms with E-state index in [0.717, 1.165) is 12.1 Å². The van der Waals surface area contributed by atoms with Crippen molar-refractivity contribution in [1.82, 2.24) is 5.32 Å². The third-order valence-corrected chi connectivity index (χ3v) is 5.48. The van der Waals surface area contributed by atoms with Crippen LogP contribution in [0.1, 0.15) is 17.5 Å². The van der Waals surface area contributed by atoms with Gasteiger partial charge in [-0.3, -0.25) is 4.79 Å². The number of rotatable bonds is 7. The van der Waals surface area contributed by atoms with Crippen molar-refractivity contribution >= 4 is 46.4 Å². The summed E-state index contributed by atoms with van der Waals surface area (Å²) in [6, 6.07) is 7.17. The average molecular weight is 524 g/mol. The Morgan fingerprint density at radius 2 is 1.47 bits per heavy atom. The van der Waals surface area contributed by atoms with Crippen LogP contribution in [0.3, 0.4) is 0 Å². The molecule has 0 heterocycles. The smallest absolute Gasteiger partial charge is 0.381 e. The maximum atomic E-state index is 13.7. The van der Waals surface area contributed by atoms with Crippen LogP contribution in [0.4, 0.5) is 32.0 Å². The zero-order chi connectivity index (χ0) is 24.3. The Bertz CT molecular complexity index is 944. The van der Waals surface area contributed by atoms with Crippen molar-refractivity contribution in [2.45, 2.75) is 30.9 Å². The lowest BCUT2D eigenvalue weighted by molar-refractivity contribution is -0.260. The number of anilines is 1. The molecule has 13 heteroatoms. The van der Waals surface area contributed by atoms with E-state index in [4.69, 9.17) is 34.8 Å². The van der Waals surface area contributed by atoms with Gasteiger partial charge in [-0.1, -0.05) is 46.9 Å². The molecular formula is C19H15Cl3F6N2O2. The van der Waals surface area contributed by atoms with Gasteiger partial charge in [0, 0.05) is 12.2 Å². The predicted octanol–water partition coefficient (Wildman–Crippen LogP) is 6.08. The fourth-order valence-electron chi connectivity index (χ4n) is 2.58. The molecule has 0 saturated carbocycles. The number of aliphatic hydroxyl groups is 1. The van der Waals surface area contributed by atoms with E-state index in [1.165, 1.54) is 24.3 Å². The topological polar surface area (TPSA) is 61.4 Å². The third kappa shape index (κ3) is 6.81. The second-order valence-electron chi connectivity index (χ2n) is 6.73. The second kappa shape index (κ2) is 9.94. The maximum absolute atomic E-state index is 13.7. The number of carbonyl (C=O) groups is 1. The lowest BCUT2D eigenvalue weighted by Gasteiger charge is -2.32. The Hall–Kier alpha value is -1.88. The summed E-state index contributed by atoms with van der Waals surface area (Å²) >= 11 is 17.3. The fraction of sp³-hybridized carbons (Fsp3) is 0.316. The van der Waals surface area contributed by atoms with Gasteiger partial charge in [0.05, 0.1) is 21.6 Å². The van der Waals surface area contributed by atoms with Crippen LogP contribution >= 0.6 is 34.8 Å². The quantitative estimate of drug-likeness (QED) is 0.305. The van der Waals surface area contributed by atoms with Crippen molar-refractivity contribution in [3.05, 3.63) is 62.6 Å². The van der Waals surface area contributed by atoms with Crippen LogP contribution in [0.2, 0.25) is 15.1 Å². The Morgan fingerprint density at radius 1 is 0.938 bits per heavy atom. The van der Waals surface area contributed by atoms with Gasteiger partial charge in [0.2, 0.25) is 11.5 Å². The van der Waals surface area contributed by atoms with Crippen molar-refractivity contribution in [2.24, 2.45) is 0 Å². The molecule has 0 spiro atoms. The first-order valence-electron chi connectivity index (χ1n) is 8.73. The van der Waals surface area contributed by atoms with Crippen LogP contribution in [0.15, 0.2) is 36.4 Å².